The maximum atomic E-state index is 11.0. The minimum Gasteiger partial charge on any atom is -0.448 e. The minimum absolute atomic E-state index is 0.148. The zero-order valence-electron chi connectivity index (χ0n) is 15.5. The lowest BCUT2D eigenvalue weighted by Gasteiger charge is -2.33. The van der Waals surface area contributed by atoms with E-state index in [0.717, 1.165) is 16.7 Å². The summed E-state index contributed by atoms with van der Waals surface area (Å²) in [4.78, 5) is 31.1. The zero-order chi connectivity index (χ0) is 20.4. The number of carboxylic acid groups (broad SMARTS) is 2. The Hall–Kier alpha value is -1.48. The molecule has 0 aliphatic carbocycles. The number of alkyl halides is 1. The Morgan fingerprint density at radius 3 is 1.81 bits per heavy atom. The maximum absolute atomic E-state index is 11.0. The van der Waals surface area contributed by atoms with E-state index in [4.69, 9.17) is 10.2 Å². The quantitative estimate of drug-likeness (QED) is 0.391. The van der Waals surface area contributed by atoms with Gasteiger partial charge in [0.05, 0.1) is 4.47 Å². The predicted octanol–water partition coefficient (Wildman–Crippen LogP) is 5.96. The highest BCUT2D eigenvalue weighted by Crippen LogP contribution is 2.45. The lowest BCUT2D eigenvalue weighted by atomic mass is 9.76. The molecule has 0 fully saturated rings. The summed E-state index contributed by atoms with van der Waals surface area (Å²) in [5.41, 5.74) is 2.36. The maximum Gasteiger partial charge on any atom is 0.533 e. The molecule has 0 aliphatic rings. The third-order valence-electron chi connectivity index (χ3n) is 3.56. The first-order chi connectivity index (χ1) is 11.7. The molecular weight excluding hydrogens is 474 g/mol. The fourth-order valence-corrected chi connectivity index (χ4v) is 4.34. The molecule has 0 bridgehead atoms. The average molecular weight is 497 g/mol. The van der Waals surface area contributed by atoms with E-state index in [9.17, 15) is 9.59 Å². The number of rotatable bonds is 4. The smallest absolute Gasteiger partial charge is 0.448 e. The Morgan fingerprint density at radius 1 is 1.04 bits per heavy atom. The van der Waals surface area contributed by atoms with E-state index in [0.29, 0.717) is 15.0 Å². The van der Waals surface area contributed by atoms with Gasteiger partial charge in [-0.2, -0.15) is 0 Å². The van der Waals surface area contributed by atoms with E-state index in [1.165, 1.54) is 0 Å². The van der Waals surface area contributed by atoms with Crippen LogP contribution in [0.4, 0.5) is 15.3 Å². The van der Waals surface area contributed by atoms with Gasteiger partial charge in [0.1, 0.15) is 5.69 Å². The normalized spacial score (nSPS) is 11.8. The van der Waals surface area contributed by atoms with Crippen LogP contribution in [0.25, 0.3) is 0 Å². The summed E-state index contributed by atoms with van der Waals surface area (Å²) in [5.74, 6) is 0. The van der Waals surface area contributed by atoms with E-state index < -0.39 is 12.3 Å². The Balaban J connectivity index is 3.86. The number of hydrogen-bond acceptors (Lipinski definition) is 5. The van der Waals surface area contributed by atoms with Crippen LogP contribution in [-0.2, 0) is 25.8 Å². The number of halogens is 2. The Bertz CT molecular complexity index is 691. The molecule has 1 aromatic carbocycles. The van der Waals surface area contributed by atoms with Crippen molar-refractivity contribution in [2.75, 3.05) is 5.23 Å². The van der Waals surface area contributed by atoms with Crippen molar-refractivity contribution in [1.29, 1.82) is 0 Å². The second-order valence-electron chi connectivity index (χ2n) is 7.72. The topological polar surface area (TPSA) is 96.3 Å². The first-order valence-electron chi connectivity index (χ1n) is 7.74. The molecule has 7 nitrogen and oxygen atoms in total. The number of benzene rings is 1. The molecule has 0 aromatic heterocycles. The third kappa shape index (κ3) is 5.26. The van der Waals surface area contributed by atoms with E-state index in [2.05, 4.69) is 41.5 Å². The summed E-state index contributed by atoms with van der Waals surface area (Å²) in [6.07, 6.45) is -3.39. The summed E-state index contributed by atoms with van der Waals surface area (Å²) >= 11 is 7.02. The molecule has 0 aliphatic heterocycles. The summed E-state index contributed by atoms with van der Waals surface area (Å²) in [6, 6.07) is 1.67. The molecule has 1 rings (SSSR count). The van der Waals surface area contributed by atoms with Gasteiger partial charge in [0.25, 0.3) is 0 Å². The van der Waals surface area contributed by atoms with Crippen LogP contribution in [0.15, 0.2) is 10.5 Å². The van der Waals surface area contributed by atoms with Gasteiger partial charge in [-0.25, -0.2) is 9.59 Å². The molecule has 26 heavy (non-hydrogen) atoms. The second kappa shape index (κ2) is 8.04. The van der Waals surface area contributed by atoms with Crippen molar-refractivity contribution in [3.63, 3.8) is 0 Å². The van der Waals surface area contributed by atoms with Crippen molar-refractivity contribution >= 4 is 49.9 Å². The van der Waals surface area contributed by atoms with Gasteiger partial charge in [-0.1, -0.05) is 57.5 Å². The van der Waals surface area contributed by atoms with Gasteiger partial charge in [0.15, 0.2) is 0 Å². The van der Waals surface area contributed by atoms with E-state index in [1.807, 2.05) is 41.5 Å². The number of nitrogens with zero attached hydrogens (tertiary/aromatic N) is 1. The average Bonchev–Trinajstić information content (AvgIpc) is 2.41. The van der Waals surface area contributed by atoms with Crippen molar-refractivity contribution < 1.29 is 29.5 Å². The van der Waals surface area contributed by atoms with Gasteiger partial charge >= 0.3 is 12.3 Å². The molecule has 0 saturated carbocycles. The third-order valence-corrected chi connectivity index (χ3v) is 4.93. The van der Waals surface area contributed by atoms with E-state index in [-0.39, 0.29) is 16.5 Å². The Morgan fingerprint density at radius 2 is 1.50 bits per heavy atom. The monoisotopic (exact) mass is 495 g/mol. The standard InChI is InChI=1S/C17H23Br2NO6/c1-16(2,3)10-7-11(20(25-14(21)22)26-15(23)24)13(19)12(9(10)8-18)17(4,5)6/h7H,8H2,1-6H3,(H,21,22)(H,23,24). The van der Waals surface area contributed by atoms with Gasteiger partial charge in [-0.3, -0.25) is 9.68 Å². The Kier molecular flexibility index (Phi) is 6.98. The fourth-order valence-electron chi connectivity index (χ4n) is 2.66. The number of anilines is 1. The molecule has 9 heteroatoms. The van der Waals surface area contributed by atoms with Crippen LogP contribution in [0.3, 0.4) is 0 Å². The summed E-state index contributed by atoms with van der Waals surface area (Å²) < 4.78 is 0.495. The van der Waals surface area contributed by atoms with E-state index in [1.54, 1.807) is 6.07 Å². The highest BCUT2D eigenvalue weighted by Gasteiger charge is 2.32. The predicted molar refractivity (Wildman–Crippen MR) is 105 cm³/mol. The Labute approximate surface area is 169 Å². The van der Waals surface area contributed by atoms with Gasteiger partial charge < -0.3 is 10.2 Å². The molecule has 0 spiro atoms. The van der Waals surface area contributed by atoms with E-state index >= 15 is 0 Å². The minimum atomic E-state index is -1.70. The number of hydrogen-bond donors (Lipinski definition) is 2. The first kappa shape index (κ1) is 22.6. The highest BCUT2D eigenvalue weighted by molar-refractivity contribution is 9.10. The zero-order valence-corrected chi connectivity index (χ0v) is 18.7. The molecule has 146 valence electrons. The van der Waals surface area contributed by atoms with Gasteiger partial charge in [0, 0.05) is 5.33 Å². The molecule has 0 atom stereocenters. The van der Waals surface area contributed by atoms with Crippen molar-refractivity contribution in [3.8, 4) is 0 Å². The van der Waals surface area contributed by atoms with Crippen LogP contribution >= 0.6 is 31.9 Å². The summed E-state index contributed by atoms with van der Waals surface area (Å²) in [7, 11) is 0. The van der Waals surface area contributed by atoms with Crippen molar-refractivity contribution in [2.45, 2.75) is 57.7 Å². The van der Waals surface area contributed by atoms with Crippen molar-refractivity contribution in [3.05, 3.63) is 27.2 Å². The molecule has 0 heterocycles. The van der Waals surface area contributed by atoms with Crippen LogP contribution in [0.5, 0.6) is 0 Å². The molecule has 0 amide bonds. The SMILES string of the molecule is CC(C)(C)c1cc(N(OC(=O)O)OC(=O)O)c(Br)c(C(C)(C)C)c1CBr. The van der Waals surface area contributed by atoms with Crippen LogP contribution in [0.1, 0.15) is 58.2 Å². The summed E-state index contributed by atoms with van der Waals surface area (Å²) in [5, 5.41) is 18.9. The molecule has 0 unspecified atom stereocenters. The molecule has 0 saturated heterocycles. The van der Waals surface area contributed by atoms with Crippen LogP contribution < -0.4 is 5.23 Å². The lowest BCUT2D eigenvalue weighted by Crippen LogP contribution is -2.31. The van der Waals surface area contributed by atoms with Gasteiger partial charge in [-0.05, 0) is 54.7 Å². The molecule has 1 aromatic rings. The van der Waals surface area contributed by atoms with Crippen LogP contribution in [0.2, 0.25) is 0 Å². The van der Waals surface area contributed by atoms with Crippen molar-refractivity contribution in [1.82, 2.24) is 0 Å². The molecule has 2 N–H and O–H groups in total. The summed E-state index contributed by atoms with van der Waals surface area (Å²) in [6.45, 7) is 12.1. The van der Waals surface area contributed by atoms with Crippen LogP contribution in [-0.4, -0.2) is 22.5 Å². The first-order valence-corrected chi connectivity index (χ1v) is 9.65. The van der Waals surface area contributed by atoms with Gasteiger partial charge in [-0.15, -0.1) is 0 Å². The lowest BCUT2D eigenvalue weighted by molar-refractivity contribution is -0.0455. The number of carbonyl (C=O) groups is 2. The molecular formula is C17H23Br2NO6. The van der Waals surface area contributed by atoms with Crippen molar-refractivity contribution in [2.24, 2.45) is 0 Å². The highest BCUT2D eigenvalue weighted by atomic mass is 79.9. The van der Waals surface area contributed by atoms with Gasteiger partial charge in [0.2, 0.25) is 0 Å². The largest absolute Gasteiger partial charge is 0.533 e. The van der Waals surface area contributed by atoms with Crippen LogP contribution in [0, 0.1) is 0 Å². The second-order valence-corrected chi connectivity index (χ2v) is 9.07. The fraction of sp³-hybridized carbons (Fsp3) is 0.529. The molecule has 0 radical (unpaired) electrons.